The number of hydrogen-bond acceptors (Lipinski definition) is 4. The molecule has 0 radical (unpaired) electrons. The van der Waals surface area contributed by atoms with Gasteiger partial charge in [0.2, 0.25) is 5.91 Å². The number of amides is 1. The molecule has 1 amide bonds. The third-order valence-corrected chi connectivity index (χ3v) is 3.18. The predicted molar refractivity (Wildman–Crippen MR) is 73.7 cm³/mol. The van der Waals surface area contributed by atoms with Crippen LogP contribution in [0.15, 0.2) is 12.1 Å². The lowest BCUT2D eigenvalue weighted by Crippen LogP contribution is -2.27. The number of fused-ring (bicyclic) bond motifs is 1. The van der Waals surface area contributed by atoms with E-state index in [1.54, 1.807) is 12.1 Å². The highest BCUT2D eigenvalue weighted by Gasteiger charge is 2.31. The fourth-order valence-corrected chi connectivity index (χ4v) is 2.25. The first-order valence-electron chi connectivity index (χ1n) is 6.28. The smallest absolute Gasteiger partial charge is 0.246 e. The van der Waals surface area contributed by atoms with Crippen molar-refractivity contribution >= 4 is 23.2 Å². The van der Waals surface area contributed by atoms with Crippen LogP contribution in [0.3, 0.4) is 0 Å². The molecule has 5 nitrogen and oxygen atoms in total. The van der Waals surface area contributed by atoms with Crippen LogP contribution in [0.1, 0.15) is 24.9 Å². The van der Waals surface area contributed by atoms with E-state index in [-0.39, 0.29) is 25.2 Å². The Morgan fingerprint density at radius 2 is 2.32 bits per heavy atom. The van der Waals surface area contributed by atoms with E-state index in [1.807, 2.05) is 6.92 Å². The number of aliphatic hydroxyl groups is 1. The molecule has 0 saturated heterocycles. The van der Waals surface area contributed by atoms with E-state index in [2.05, 4.69) is 10.6 Å². The topological polar surface area (TPSA) is 70.6 Å². The SMILES string of the molecule is CCCNC1C(=O)Nc2cc(OCCO)c(Cl)cc21. The molecule has 0 saturated carbocycles. The Kier molecular flexibility index (Phi) is 4.63. The number of carbonyl (C=O) groups is 1. The zero-order chi connectivity index (χ0) is 13.8. The second kappa shape index (κ2) is 6.23. The quantitative estimate of drug-likeness (QED) is 0.744. The molecule has 1 atom stereocenters. The third kappa shape index (κ3) is 3.00. The number of benzene rings is 1. The summed E-state index contributed by atoms with van der Waals surface area (Å²) in [5.74, 6) is 0.379. The van der Waals surface area contributed by atoms with Crippen molar-refractivity contribution in [2.45, 2.75) is 19.4 Å². The average Bonchev–Trinajstić information content (AvgIpc) is 2.69. The van der Waals surface area contributed by atoms with Crippen LogP contribution in [0.5, 0.6) is 5.75 Å². The van der Waals surface area contributed by atoms with E-state index in [9.17, 15) is 4.79 Å². The van der Waals surface area contributed by atoms with Crippen molar-refractivity contribution in [1.82, 2.24) is 5.32 Å². The van der Waals surface area contributed by atoms with Gasteiger partial charge in [0, 0.05) is 17.3 Å². The van der Waals surface area contributed by atoms with E-state index in [0.29, 0.717) is 16.5 Å². The summed E-state index contributed by atoms with van der Waals surface area (Å²) in [6.07, 6.45) is 0.949. The largest absolute Gasteiger partial charge is 0.490 e. The van der Waals surface area contributed by atoms with Crippen LogP contribution in [0.25, 0.3) is 0 Å². The van der Waals surface area contributed by atoms with E-state index >= 15 is 0 Å². The van der Waals surface area contributed by atoms with Gasteiger partial charge in [-0.1, -0.05) is 18.5 Å². The number of halogens is 1. The predicted octanol–water partition coefficient (Wildman–Crippen LogP) is 1.70. The first-order valence-corrected chi connectivity index (χ1v) is 6.66. The molecule has 1 aliphatic rings. The van der Waals surface area contributed by atoms with Gasteiger partial charge in [-0.05, 0) is 19.0 Å². The van der Waals surface area contributed by atoms with E-state index in [0.717, 1.165) is 18.5 Å². The molecule has 104 valence electrons. The van der Waals surface area contributed by atoms with Gasteiger partial charge in [-0.25, -0.2) is 0 Å². The van der Waals surface area contributed by atoms with Crippen LogP contribution >= 0.6 is 11.6 Å². The van der Waals surface area contributed by atoms with Crippen LogP contribution in [-0.2, 0) is 4.79 Å². The Bertz CT molecular complexity index is 479. The number of anilines is 1. The standard InChI is InChI=1S/C13H17ClN2O3/c1-2-3-15-12-8-6-9(14)11(19-5-4-17)7-10(8)16-13(12)18/h6-7,12,15,17H,2-5H2,1H3,(H,16,18). The molecule has 0 aromatic heterocycles. The van der Waals surface area contributed by atoms with Crippen molar-refractivity contribution in [2.75, 3.05) is 25.1 Å². The van der Waals surface area contributed by atoms with Crippen molar-refractivity contribution in [3.63, 3.8) is 0 Å². The van der Waals surface area contributed by atoms with E-state index < -0.39 is 0 Å². The highest BCUT2D eigenvalue weighted by atomic mass is 35.5. The molecule has 3 N–H and O–H groups in total. The lowest BCUT2D eigenvalue weighted by atomic mass is 10.1. The molecule has 2 rings (SSSR count). The lowest BCUT2D eigenvalue weighted by molar-refractivity contribution is -0.117. The second-order valence-corrected chi connectivity index (χ2v) is 4.73. The summed E-state index contributed by atoms with van der Waals surface area (Å²) < 4.78 is 5.31. The molecule has 6 heteroatoms. The fourth-order valence-electron chi connectivity index (χ4n) is 2.02. The Balaban J connectivity index is 2.23. The van der Waals surface area contributed by atoms with Gasteiger partial charge in [-0.15, -0.1) is 0 Å². The van der Waals surface area contributed by atoms with Gasteiger partial charge in [-0.3, -0.25) is 4.79 Å². The number of hydrogen-bond donors (Lipinski definition) is 3. The fraction of sp³-hybridized carbons (Fsp3) is 0.462. The zero-order valence-electron chi connectivity index (χ0n) is 10.7. The minimum Gasteiger partial charge on any atom is -0.490 e. The van der Waals surface area contributed by atoms with Crippen molar-refractivity contribution in [3.05, 3.63) is 22.7 Å². The summed E-state index contributed by atoms with van der Waals surface area (Å²) in [5.41, 5.74) is 1.54. The molecule has 1 aromatic rings. The monoisotopic (exact) mass is 284 g/mol. The summed E-state index contributed by atoms with van der Waals surface area (Å²) >= 11 is 6.12. The maximum Gasteiger partial charge on any atom is 0.246 e. The Hall–Kier alpha value is -1.30. The normalized spacial score (nSPS) is 17.2. The minimum absolute atomic E-state index is 0.0829. The molecule has 0 fully saturated rings. The molecular formula is C13H17ClN2O3. The van der Waals surface area contributed by atoms with Gasteiger partial charge in [-0.2, -0.15) is 0 Å². The maximum absolute atomic E-state index is 11.9. The van der Waals surface area contributed by atoms with Crippen LogP contribution in [0.4, 0.5) is 5.69 Å². The summed E-state index contributed by atoms with van der Waals surface area (Å²) in [6, 6.07) is 3.06. The summed E-state index contributed by atoms with van der Waals surface area (Å²) in [5, 5.41) is 15.2. The first-order chi connectivity index (χ1) is 9.17. The van der Waals surface area contributed by atoms with Crippen molar-refractivity contribution in [2.24, 2.45) is 0 Å². The van der Waals surface area contributed by atoms with Gasteiger partial charge in [0.1, 0.15) is 18.4 Å². The molecule has 0 bridgehead atoms. The summed E-state index contributed by atoms with van der Waals surface area (Å²) in [6.45, 7) is 2.89. The molecule has 1 aromatic carbocycles. The number of carbonyl (C=O) groups excluding carboxylic acids is 1. The number of aliphatic hydroxyl groups excluding tert-OH is 1. The average molecular weight is 285 g/mol. The second-order valence-electron chi connectivity index (χ2n) is 4.32. The minimum atomic E-state index is -0.362. The summed E-state index contributed by atoms with van der Waals surface area (Å²) in [4.78, 5) is 11.9. The Morgan fingerprint density at radius 3 is 3.00 bits per heavy atom. The number of nitrogens with one attached hydrogen (secondary N) is 2. The highest BCUT2D eigenvalue weighted by Crippen LogP contribution is 2.38. The van der Waals surface area contributed by atoms with Crippen molar-refractivity contribution < 1.29 is 14.6 Å². The van der Waals surface area contributed by atoms with Gasteiger partial charge < -0.3 is 20.5 Å². The van der Waals surface area contributed by atoms with Crippen LogP contribution in [0.2, 0.25) is 5.02 Å². The number of rotatable bonds is 6. The Labute approximate surface area is 116 Å². The lowest BCUT2D eigenvalue weighted by Gasteiger charge is -2.12. The Morgan fingerprint density at radius 1 is 1.53 bits per heavy atom. The third-order valence-electron chi connectivity index (χ3n) is 2.88. The maximum atomic E-state index is 11.9. The molecule has 0 aliphatic carbocycles. The molecule has 19 heavy (non-hydrogen) atoms. The molecule has 0 spiro atoms. The van der Waals surface area contributed by atoms with Crippen molar-refractivity contribution in [1.29, 1.82) is 0 Å². The molecular weight excluding hydrogens is 268 g/mol. The van der Waals surface area contributed by atoms with Crippen LogP contribution in [-0.4, -0.2) is 30.8 Å². The van der Waals surface area contributed by atoms with Gasteiger partial charge >= 0.3 is 0 Å². The first kappa shape index (κ1) is 14.1. The van der Waals surface area contributed by atoms with E-state index in [4.69, 9.17) is 21.4 Å². The molecule has 1 unspecified atom stereocenters. The molecule has 1 aliphatic heterocycles. The molecule has 1 heterocycles. The van der Waals surface area contributed by atoms with Crippen LogP contribution in [0, 0.1) is 0 Å². The van der Waals surface area contributed by atoms with Gasteiger partial charge in [0.05, 0.1) is 11.6 Å². The number of ether oxygens (including phenoxy) is 1. The van der Waals surface area contributed by atoms with Gasteiger partial charge in [0.25, 0.3) is 0 Å². The van der Waals surface area contributed by atoms with Gasteiger partial charge in [0.15, 0.2) is 0 Å². The van der Waals surface area contributed by atoms with Crippen molar-refractivity contribution in [3.8, 4) is 5.75 Å². The van der Waals surface area contributed by atoms with Crippen LogP contribution < -0.4 is 15.4 Å². The zero-order valence-corrected chi connectivity index (χ0v) is 11.5. The van der Waals surface area contributed by atoms with E-state index in [1.165, 1.54) is 0 Å². The highest BCUT2D eigenvalue weighted by molar-refractivity contribution is 6.32. The summed E-state index contributed by atoms with van der Waals surface area (Å²) in [7, 11) is 0.